The van der Waals surface area contributed by atoms with E-state index in [1.54, 1.807) is 11.1 Å². The molecule has 3 heteroatoms. The minimum absolute atomic E-state index is 0.444. The molecular weight excluding hydrogens is 377 g/mol. The average Bonchev–Trinajstić information content (AvgIpc) is 3.06. The van der Waals surface area contributed by atoms with Crippen LogP contribution < -0.4 is 5.32 Å². The van der Waals surface area contributed by atoms with Crippen LogP contribution in [0.1, 0.15) is 41.6 Å². The summed E-state index contributed by atoms with van der Waals surface area (Å²) in [4.78, 5) is 0. The minimum atomic E-state index is 0.444. The lowest BCUT2D eigenvalue weighted by Crippen LogP contribution is -2.22. The normalized spacial score (nSPS) is 15.3. The molecule has 0 saturated heterocycles. The highest BCUT2D eigenvalue weighted by Crippen LogP contribution is 2.28. The van der Waals surface area contributed by atoms with E-state index in [1.807, 2.05) is 11.3 Å². The Bertz CT molecular complexity index is 590. The highest BCUT2D eigenvalue weighted by Gasteiger charge is 2.15. The van der Waals surface area contributed by atoms with E-state index in [1.165, 1.54) is 33.3 Å². The summed E-state index contributed by atoms with van der Waals surface area (Å²) in [5.41, 5.74) is 6.05. The van der Waals surface area contributed by atoms with Crippen molar-refractivity contribution in [2.75, 3.05) is 6.54 Å². The molecule has 0 spiro atoms. The molecule has 1 heterocycles. The maximum Gasteiger partial charge on any atom is 0.0656 e. The first-order chi connectivity index (χ1) is 9.76. The predicted octanol–water partition coefficient (Wildman–Crippen LogP) is 4.73. The Balaban J connectivity index is 1.79. The molecule has 2 aromatic rings. The maximum atomic E-state index is 3.63. The zero-order valence-electron chi connectivity index (χ0n) is 11.8. The number of nitrogens with one attached hydrogen (secondary N) is 1. The van der Waals surface area contributed by atoms with Crippen LogP contribution in [0, 0.1) is 2.88 Å². The van der Waals surface area contributed by atoms with Crippen LogP contribution in [0.3, 0.4) is 0 Å². The Hall–Kier alpha value is -0.390. The molecule has 1 aliphatic carbocycles. The summed E-state index contributed by atoms with van der Waals surface area (Å²) in [6.07, 6.45) is 4.96. The molecule has 1 nitrogen and oxygen atoms in total. The third kappa shape index (κ3) is 3.26. The Morgan fingerprint density at radius 2 is 2.10 bits per heavy atom. The summed E-state index contributed by atoms with van der Waals surface area (Å²) >= 11 is 4.24. The molecule has 0 aliphatic heterocycles. The first kappa shape index (κ1) is 14.5. The van der Waals surface area contributed by atoms with E-state index < -0.39 is 0 Å². The fraction of sp³-hybridized carbons (Fsp3) is 0.412. The number of rotatable bonds is 5. The SMILES string of the molecule is CCNC(Cc1ccc2c(c1)CCC2)c1csc(I)c1. The molecule has 1 aromatic carbocycles. The van der Waals surface area contributed by atoms with Crippen molar-refractivity contribution >= 4 is 33.9 Å². The van der Waals surface area contributed by atoms with Gasteiger partial charge >= 0.3 is 0 Å². The molecule has 1 aromatic heterocycles. The second kappa shape index (κ2) is 6.58. The fourth-order valence-electron chi connectivity index (χ4n) is 3.05. The zero-order valence-corrected chi connectivity index (χ0v) is 14.8. The maximum absolute atomic E-state index is 3.63. The smallest absolute Gasteiger partial charge is 0.0656 e. The highest BCUT2D eigenvalue weighted by atomic mass is 127. The molecule has 1 atom stereocenters. The number of aryl methyl sites for hydroxylation is 2. The van der Waals surface area contributed by atoms with Crippen molar-refractivity contribution in [1.29, 1.82) is 0 Å². The van der Waals surface area contributed by atoms with E-state index in [4.69, 9.17) is 0 Å². The summed E-state index contributed by atoms with van der Waals surface area (Å²) in [5.74, 6) is 0. The predicted molar refractivity (Wildman–Crippen MR) is 95.6 cm³/mol. The van der Waals surface area contributed by atoms with Crippen LogP contribution in [0.2, 0.25) is 0 Å². The van der Waals surface area contributed by atoms with Gasteiger partial charge in [-0.05, 0) is 88.5 Å². The number of hydrogen-bond acceptors (Lipinski definition) is 2. The van der Waals surface area contributed by atoms with Gasteiger partial charge in [0.25, 0.3) is 0 Å². The molecule has 0 radical (unpaired) electrons. The van der Waals surface area contributed by atoms with Gasteiger partial charge in [0, 0.05) is 6.04 Å². The number of likely N-dealkylation sites (N-methyl/N-ethyl adjacent to an activating group) is 1. The summed E-state index contributed by atoms with van der Waals surface area (Å²) < 4.78 is 1.37. The Labute approximate surface area is 138 Å². The first-order valence-corrected chi connectivity index (χ1v) is 9.30. The van der Waals surface area contributed by atoms with Gasteiger partial charge in [-0.1, -0.05) is 25.1 Å². The van der Waals surface area contributed by atoms with E-state index in [2.05, 4.69) is 64.5 Å². The first-order valence-electron chi connectivity index (χ1n) is 7.34. The molecule has 1 N–H and O–H groups in total. The second-order valence-electron chi connectivity index (χ2n) is 5.46. The van der Waals surface area contributed by atoms with Crippen LogP contribution in [0.25, 0.3) is 0 Å². The van der Waals surface area contributed by atoms with Crippen molar-refractivity contribution < 1.29 is 0 Å². The van der Waals surface area contributed by atoms with Gasteiger partial charge in [-0.2, -0.15) is 0 Å². The average molecular weight is 397 g/mol. The highest BCUT2D eigenvalue weighted by molar-refractivity contribution is 14.1. The van der Waals surface area contributed by atoms with Crippen LogP contribution >= 0.6 is 33.9 Å². The minimum Gasteiger partial charge on any atom is -0.310 e. The molecule has 1 aliphatic rings. The summed E-state index contributed by atoms with van der Waals surface area (Å²) in [5, 5.41) is 5.93. The van der Waals surface area contributed by atoms with Crippen molar-refractivity contribution in [2.45, 2.75) is 38.6 Å². The Morgan fingerprint density at radius 1 is 1.25 bits per heavy atom. The van der Waals surface area contributed by atoms with Gasteiger partial charge in [-0.25, -0.2) is 0 Å². The van der Waals surface area contributed by atoms with E-state index in [9.17, 15) is 0 Å². The van der Waals surface area contributed by atoms with E-state index >= 15 is 0 Å². The number of thiophene rings is 1. The molecule has 106 valence electrons. The third-order valence-electron chi connectivity index (χ3n) is 4.04. The molecule has 0 fully saturated rings. The van der Waals surface area contributed by atoms with E-state index in [0.717, 1.165) is 13.0 Å². The van der Waals surface area contributed by atoms with Gasteiger partial charge in [-0.15, -0.1) is 11.3 Å². The van der Waals surface area contributed by atoms with Crippen molar-refractivity contribution in [1.82, 2.24) is 5.32 Å². The number of fused-ring (bicyclic) bond motifs is 1. The monoisotopic (exact) mass is 397 g/mol. The van der Waals surface area contributed by atoms with Gasteiger partial charge in [0.1, 0.15) is 0 Å². The van der Waals surface area contributed by atoms with Crippen LogP contribution in [-0.4, -0.2) is 6.54 Å². The van der Waals surface area contributed by atoms with Gasteiger partial charge in [0.15, 0.2) is 0 Å². The second-order valence-corrected chi connectivity index (χ2v) is 8.26. The third-order valence-corrected chi connectivity index (χ3v) is 5.85. The van der Waals surface area contributed by atoms with E-state index in [-0.39, 0.29) is 0 Å². The lowest BCUT2D eigenvalue weighted by molar-refractivity contribution is 0.551. The van der Waals surface area contributed by atoms with Crippen molar-refractivity contribution in [2.24, 2.45) is 0 Å². The topological polar surface area (TPSA) is 12.0 Å². The van der Waals surface area contributed by atoms with Gasteiger partial charge in [0.05, 0.1) is 2.88 Å². The Kier molecular flexibility index (Phi) is 4.79. The molecule has 1 unspecified atom stereocenters. The lowest BCUT2D eigenvalue weighted by atomic mass is 9.98. The fourth-order valence-corrected chi connectivity index (χ4v) is 4.47. The van der Waals surface area contributed by atoms with Crippen molar-refractivity contribution in [3.63, 3.8) is 0 Å². The molecule has 3 rings (SSSR count). The molecule has 20 heavy (non-hydrogen) atoms. The number of benzene rings is 1. The number of halogens is 1. The largest absolute Gasteiger partial charge is 0.310 e. The summed E-state index contributed by atoms with van der Waals surface area (Å²) in [6, 6.07) is 9.86. The van der Waals surface area contributed by atoms with Gasteiger partial charge in [0.2, 0.25) is 0 Å². The molecule has 0 saturated carbocycles. The Morgan fingerprint density at radius 3 is 2.85 bits per heavy atom. The standard InChI is InChI=1S/C17H20INS/c1-2-19-16(15-10-17(18)20-11-15)9-12-6-7-13-4-3-5-14(13)8-12/h6-8,10-11,16,19H,2-5,9H2,1H3. The van der Waals surface area contributed by atoms with Crippen LogP contribution in [0.15, 0.2) is 29.6 Å². The van der Waals surface area contributed by atoms with Crippen LogP contribution in [-0.2, 0) is 19.3 Å². The van der Waals surface area contributed by atoms with E-state index in [0.29, 0.717) is 6.04 Å². The summed E-state index contributed by atoms with van der Waals surface area (Å²) in [7, 11) is 0. The molecular formula is C17H20INS. The zero-order chi connectivity index (χ0) is 13.9. The molecule has 0 bridgehead atoms. The summed E-state index contributed by atoms with van der Waals surface area (Å²) in [6.45, 7) is 3.20. The van der Waals surface area contributed by atoms with Crippen molar-refractivity contribution in [3.8, 4) is 0 Å². The number of hydrogen-bond donors (Lipinski definition) is 1. The lowest BCUT2D eigenvalue weighted by Gasteiger charge is -2.17. The van der Waals surface area contributed by atoms with Gasteiger partial charge in [-0.3, -0.25) is 0 Å². The van der Waals surface area contributed by atoms with Gasteiger partial charge < -0.3 is 5.32 Å². The van der Waals surface area contributed by atoms with Crippen LogP contribution in [0.4, 0.5) is 0 Å². The van der Waals surface area contributed by atoms with Crippen molar-refractivity contribution in [3.05, 3.63) is 54.8 Å². The molecule has 0 amide bonds. The van der Waals surface area contributed by atoms with Crippen LogP contribution in [0.5, 0.6) is 0 Å². The quantitative estimate of drug-likeness (QED) is 0.719.